The van der Waals surface area contributed by atoms with Crippen molar-refractivity contribution in [1.82, 2.24) is 8.87 Å². The van der Waals surface area contributed by atoms with E-state index in [1.807, 2.05) is 29.7 Å². The minimum atomic E-state index is -3.69. The number of hydrogen-bond donors (Lipinski definition) is 0. The van der Waals surface area contributed by atoms with E-state index in [0.717, 1.165) is 10.2 Å². The van der Waals surface area contributed by atoms with E-state index in [1.54, 1.807) is 12.1 Å². The fourth-order valence-electron chi connectivity index (χ4n) is 3.74. The molecule has 1 amide bonds. The van der Waals surface area contributed by atoms with Crippen molar-refractivity contribution in [1.29, 1.82) is 0 Å². The topological polar surface area (TPSA) is 71.7 Å². The molecule has 1 aliphatic rings. The molecular weight excluding hydrogens is 477 g/mol. The molecule has 4 rings (SSSR count). The second kappa shape index (κ2) is 9.03. The van der Waals surface area contributed by atoms with Crippen LogP contribution in [-0.2, 0) is 21.4 Å². The zero-order valence-corrected chi connectivity index (χ0v) is 19.9. The molecule has 10 heteroatoms. The van der Waals surface area contributed by atoms with E-state index in [4.69, 9.17) is 23.2 Å². The highest BCUT2D eigenvalue weighted by Gasteiger charge is 2.33. The average molecular weight is 498 g/mol. The molecule has 0 saturated carbocycles. The Morgan fingerprint density at radius 3 is 2.58 bits per heavy atom. The van der Waals surface area contributed by atoms with Gasteiger partial charge in [-0.15, -0.1) is 0 Å². The molecule has 1 aromatic heterocycles. The summed E-state index contributed by atoms with van der Waals surface area (Å²) in [5, 5.41) is 1.10. The first-order valence-corrected chi connectivity index (χ1v) is 12.9. The van der Waals surface area contributed by atoms with Crippen LogP contribution < -0.4 is 4.80 Å². The maximum absolute atomic E-state index is 13.0. The highest BCUT2D eigenvalue weighted by atomic mass is 35.5. The Balaban J connectivity index is 1.61. The van der Waals surface area contributed by atoms with Crippen molar-refractivity contribution >= 4 is 60.7 Å². The van der Waals surface area contributed by atoms with E-state index >= 15 is 0 Å². The Hall–Kier alpha value is -1.71. The van der Waals surface area contributed by atoms with E-state index in [-0.39, 0.29) is 17.3 Å². The van der Waals surface area contributed by atoms with Gasteiger partial charge in [0.25, 0.3) is 5.91 Å². The minimum absolute atomic E-state index is 0.121. The van der Waals surface area contributed by atoms with Gasteiger partial charge in [0.1, 0.15) is 0 Å². The van der Waals surface area contributed by atoms with Gasteiger partial charge in [0.05, 0.1) is 21.0 Å². The molecule has 1 saturated heterocycles. The largest absolute Gasteiger partial charge is 0.317 e. The second-order valence-corrected chi connectivity index (χ2v) is 11.2. The van der Waals surface area contributed by atoms with E-state index in [1.165, 1.54) is 27.8 Å². The van der Waals surface area contributed by atoms with Crippen LogP contribution in [0.25, 0.3) is 10.2 Å². The molecule has 2 aromatic carbocycles. The van der Waals surface area contributed by atoms with Crippen molar-refractivity contribution in [2.45, 2.75) is 31.2 Å². The number of nitrogens with zero attached hydrogens (tertiary/aromatic N) is 3. The number of fused-ring (bicyclic) bond motifs is 1. The number of piperidine rings is 1. The lowest BCUT2D eigenvalue weighted by molar-refractivity contribution is -0.122. The Labute approximate surface area is 194 Å². The molecule has 31 heavy (non-hydrogen) atoms. The van der Waals surface area contributed by atoms with Gasteiger partial charge in [-0.1, -0.05) is 34.5 Å². The molecule has 0 spiro atoms. The average Bonchev–Trinajstić information content (AvgIpc) is 3.10. The third-order valence-corrected chi connectivity index (χ3v) is 8.76. The maximum Gasteiger partial charge on any atom is 0.252 e. The number of aromatic nitrogens is 1. The number of benzene rings is 2. The van der Waals surface area contributed by atoms with Crippen LogP contribution in [0.1, 0.15) is 19.8 Å². The molecular formula is C21H21Cl2N3O3S2. The zero-order chi connectivity index (χ0) is 22.2. The fourth-order valence-corrected chi connectivity index (χ4v) is 6.77. The molecule has 0 aliphatic carbocycles. The van der Waals surface area contributed by atoms with Crippen LogP contribution in [0.15, 0.2) is 52.4 Å². The molecule has 2 heterocycles. The number of carbonyl (C=O) groups excluding carboxylic acids is 1. The SMILES string of the molecule is CCn1c(=NC(=O)C2CCCN(S(=O)(=O)c3ccc(Cl)cc3)C2)sc2cc(Cl)ccc21. The van der Waals surface area contributed by atoms with Crippen molar-refractivity contribution in [3.63, 3.8) is 0 Å². The van der Waals surface area contributed by atoms with Gasteiger partial charge >= 0.3 is 0 Å². The number of carbonyl (C=O) groups is 1. The van der Waals surface area contributed by atoms with Crippen LogP contribution >= 0.6 is 34.5 Å². The van der Waals surface area contributed by atoms with Gasteiger partial charge in [-0.3, -0.25) is 4.79 Å². The van der Waals surface area contributed by atoms with Crippen molar-refractivity contribution in [3.05, 3.63) is 57.3 Å². The number of hydrogen-bond acceptors (Lipinski definition) is 4. The number of amides is 1. The lowest BCUT2D eigenvalue weighted by Gasteiger charge is -2.30. The molecule has 1 atom stereocenters. The Bertz CT molecular complexity index is 1300. The standard InChI is InChI=1S/C21H21Cl2N3O3S2/c1-2-26-18-10-7-16(23)12-19(18)30-21(26)24-20(27)14-4-3-11-25(13-14)31(28,29)17-8-5-15(22)6-9-17/h5-10,12,14H,2-4,11,13H2,1H3. The molecule has 1 fully saturated rings. The van der Waals surface area contributed by atoms with Crippen LogP contribution in [0, 0.1) is 5.92 Å². The number of rotatable bonds is 4. The molecule has 0 radical (unpaired) electrons. The Morgan fingerprint density at radius 2 is 1.87 bits per heavy atom. The van der Waals surface area contributed by atoms with E-state index in [2.05, 4.69) is 4.99 Å². The van der Waals surface area contributed by atoms with Crippen LogP contribution in [0.2, 0.25) is 10.0 Å². The monoisotopic (exact) mass is 497 g/mol. The summed E-state index contributed by atoms with van der Waals surface area (Å²) < 4.78 is 30.3. The summed E-state index contributed by atoms with van der Waals surface area (Å²) in [7, 11) is -3.69. The summed E-state index contributed by atoms with van der Waals surface area (Å²) in [6.07, 6.45) is 1.21. The third kappa shape index (κ3) is 4.59. The van der Waals surface area contributed by atoms with E-state index < -0.39 is 15.9 Å². The summed E-state index contributed by atoms with van der Waals surface area (Å²) in [6.45, 7) is 3.15. The first-order valence-electron chi connectivity index (χ1n) is 9.93. The van der Waals surface area contributed by atoms with Crippen molar-refractivity contribution in [3.8, 4) is 0 Å². The van der Waals surface area contributed by atoms with Gasteiger partial charge in [0, 0.05) is 29.7 Å². The highest BCUT2D eigenvalue weighted by Crippen LogP contribution is 2.26. The van der Waals surface area contributed by atoms with E-state index in [9.17, 15) is 13.2 Å². The molecule has 164 valence electrons. The van der Waals surface area contributed by atoms with Crippen LogP contribution in [0.4, 0.5) is 0 Å². The predicted octanol–water partition coefficient (Wildman–Crippen LogP) is 4.56. The van der Waals surface area contributed by atoms with Crippen LogP contribution in [0.3, 0.4) is 0 Å². The van der Waals surface area contributed by atoms with Gasteiger partial charge in [-0.25, -0.2) is 8.42 Å². The number of halogens is 2. The second-order valence-electron chi connectivity index (χ2n) is 7.35. The summed E-state index contributed by atoms with van der Waals surface area (Å²) in [6, 6.07) is 11.7. The van der Waals surface area contributed by atoms with Crippen molar-refractivity contribution in [2.24, 2.45) is 10.9 Å². The summed E-state index contributed by atoms with van der Waals surface area (Å²) in [4.78, 5) is 18.1. The molecule has 1 aliphatic heterocycles. The fraction of sp³-hybridized carbons (Fsp3) is 0.333. The summed E-state index contributed by atoms with van der Waals surface area (Å²) in [5.41, 5.74) is 0.971. The molecule has 6 nitrogen and oxygen atoms in total. The van der Waals surface area contributed by atoms with Crippen molar-refractivity contribution < 1.29 is 13.2 Å². The van der Waals surface area contributed by atoms with Gasteiger partial charge in [0.15, 0.2) is 4.80 Å². The smallest absolute Gasteiger partial charge is 0.252 e. The normalized spacial score (nSPS) is 18.5. The summed E-state index contributed by atoms with van der Waals surface area (Å²) in [5.74, 6) is -0.772. The Kier molecular flexibility index (Phi) is 6.55. The van der Waals surface area contributed by atoms with Gasteiger partial charge in [-0.2, -0.15) is 9.30 Å². The maximum atomic E-state index is 13.0. The van der Waals surface area contributed by atoms with E-state index in [0.29, 0.717) is 40.8 Å². The quantitative estimate of drug-likeness (QED) is 0.530. The lowest BCUT2D eigenvalue weighted by Crippen LogP contribution is -2.42. The number of sulfonamides is 1. The third-order valence-electron chi connectivity index (χ3n) is 5.35. The van der Waals surface area contributed by atoms with Gasteiger partial charge < -0.3 is 4.57 Å². The first kappa shape index (κ1) is 22.5. The number of aryl methyl sites for hydroxylation is 1. The highest BCUT2D eigenvalue weighted by molar-refractivity contribution is 7.89. The predicted molar refractivity (Wildman–Crippen MR) is 124 cm³/mol. The molecule has 0 N–H and O–H groups in total. The van der Waals surface area contributed by atoms with Crippen LogP contribution in [-0.4, -0.2) is 36.3 Å². The minimum Gasteiger partial charge on any atom is -0.317 e. The van der Waals surface area contributed by atoms with Crippen molar-refractivity contribution in [2.75, 3.05) is 13.1 Å². The van der Waals surface area contributed by atoms with Gasteiger partial charge in [0.2, 0.25) is 10.0 Å². The Morgan fingerprint density at radius 1 is 1.16 bits per heavy atom. The zero-order valence-electron chi connectivity index (χ0n) is 16.8. The summed E-state index contributed by atoms with van der Waals surface area (Å²) >= 11 is 13.4. The molecule has 3 aromatic rings. The first-order chi connectivity index (χ1) is 14.8. The molecule has 1 unspecified atom stereocenters. The van der Waals surface area contributed by atoms with Gasteiger partial charge in [-0.05, 0) is 62.2 Å². The lowest BCUT2D eigenvalue weighted by atomic mass is 9.99. The van der Waals surface area contributed by atoms with Crippen LogP contribution in [0.5, 0.6) is 0 Å². The molecule has 0 bridgehead atoms. The number of thiazole rings is 1.